The molecular weight excluding hydrogens is 345 g/mol. The maximum Gasteiger partial charge on any atom is 0.401 e. The molecule has 9 heteroatoms. The summed E-state index contributed by atoms with van der Waals surface area (Å²) in [6.45, 7) is 2.59. The van der Waals surface area contributed by atoms with E-state index in [-0.39, 0.29) is 12.4 Å². The second-order valence-electron chi connectivity index (χ2n) is 5.56. The predicted octanol–water partition coefficient (Wildman–Crippen LogP) is 3.37. The van der Waals surface area contributed by atoms with E-state index in [2.05, 4.69) is 15.5 Å². The van der Waals surface area contributed by atoms with Gasteiger partial charge in [0.05, 0.1) is 12.7 Å². The molecule has 0 spiro atoms. The first-order valence-electron chi connectivity index (χ1n) is 7.40. The molecule has 0 aliphatic heterocycles. The van der Waals surface area contributed by atoms with E-state index < -0.39 is 12.7 Å². The van der Waals surface area contributed by atoms with Gasteiger partial charge in [0.1, 0.15) is 11.5 Å². The van der Waals surface area contributed by atoms with Gasteiger partial charge in [0.2, 0.25) is 0 Å². The van der Waals surface area contributed by atoms with Crippen LogP contribution in [0.2, 0.25) is 0 Å². The normalized spacial score (nSPS) is 11.8. The first-order valence-corrected chi connectivity index (χ1v) is 7.40. The fraction of sp³-hybridized carbons (Fsp3) is 0.533. The van der Waals surface area contributed by atoms with Crippen molar-refractivity contribution in [3.05, 3.63) is 29.7 Å². The molecule has 0 aliphatic rings. The Kier molecular flexibility index (Phi) is 7.78. The molecule has 2 rings (SSSR count). The van der Waals surface area contributed by atoms with Gasteiger partial charge < -0.3 is 9.73 Å². The van der Waals surface area contributed by atoms with E-state index in [1.807, 2.05) is 19.1 Å². The number of hydrogen-bond donors (Lipinski definition) is 2. The monoisotopic (exact) mass is 366 g/mol. The zero-order valence-corrected chi connectivity index (χ0v) is 14.4. The van der Waals surface area contributed by atoms with Gasteiger partial charge in [-0.3, -0.25) is 10.00 Å². The number of aromatic amines is 1. The van der Waals surface area contributed by atoms with E-state index >= 15 is 0 Å². The third-order valence-electron chi connectivity index (χ3n) is 3.36. The Hall–Kier alpha value is -1.51. The van der Waals surface area contributed by atoms with Gasteiger partial charge in [-0.05, 0) is 45.6 Å². The van der Waals surface area contributed by atoms with Crippen LogP contribution in [0.25, 0.3) is 11.5 Å². The van der Waals surface area contributed by atoms with Crippen molar-refractivity contribution in [1.82, 2.24) is 20.4 Å². The average molecular weight is 367 g/mol. The zero-order valence-electron chi connectivity index (χ0n) is 13.6. The molecule has 136 valence electrons. The topological polar surface area (TPSA) is 57.1 Å². The standard InChI is InChI=1S/C15H21F3N4O.ClH/c1-11-4-5-13(23-11)14-12(9-20-21-14)8-19-6-3-7-22(2)10-15(16,17)18;/h4-5,9,19H,3,6-8,10H2,1-2H3,(H,20,21);1H. The van der Waals surface area contributed by atoms with Crippen molar-refractivity contribution in [1.29, 1.82) is 0 Å². The minimum Gasteiger partial charge on any atom is -0.460 e. The van der Waals surface area contributed by atoms with Gasteiger partial charge in [-0.15, -0.1) is 12.4 Å². The Morgan fingerprint density at radius 3 is 2.71 bits per heavy atom. The number of H-pyrrole nitrogens is 1. The molecule has 0 amide bonds. The lowest BCUT2D eigenvalue weighted by molar-refractivity contribution is -0.143. The summed E-state index contributed by atoms with van der Waals surface area (Å²) < 4.78 is 42.2. The van der Waals surface area contributed by atoms with Crippen LogP contribution in [0.15, 0.2) is 22.7 Å². The number of nitrogens with zero attached hydrogens (tertiary/aromatic N) is 2. The summed E-state index contributed by atoms with van der Waals surface area (Å²) in [6, 6.07) is 3.75. The number of nitrogens with one attached hydrogen (secondary N) is 2. The molecule has 2 heterocycles. The van der Waals surface area contributed by atoms with E-state index in [4.69, 9.17) is 4.42 Å². The number of halogens is 4. The lowest BCUT2D eigenvalue weighted by Crippen LogP contribution is -2.32. The highest BCUT2D eigenvalue weighted by Gasteiger charge is 2.28. The van der Waals surface area contributed by atoms with Crippen molar-refractivity contribution >= 4 is 12.4 Å². The fourth-order valence-electron chi connectivity index (χ4n) is 2.31. The van der Waals surface area contributed by atoms with Crippen LogP contribution in [0.5, 0.6) is 0 Å². The molecule has 24 heavy (non-hydrogen) atoms. The molecular formula is C15H22ClF3N4O. The molecule has 0 aliphatic carbocycles. The summed E-state index contributed by atoms with van der Waals surface area (Å²) in [5.41, 5.74) is 1.78. The van der Waals surface area contributed by atoms with E-state index in [0.29, 0.717) is 26.1 Å². The van der Waals surface area contributed by atoms with Crippen LogP contribution < -0.4 is 5.32 Å². The van der Waals surface area contributed by atoms with E-state index in [9.17, 15) is 13.2 Å². The highest BCUT2D eigenvalue weighted by atomic mass is 35.5. The molecule has 0 aromatic carbocycles. The van der Waals surface area contributed by atoms with Gasteiger partial charge >= 0.3 is 6.18 Å². The van der Waals surface area contributed by atoms with Crippen LogP contribution >= 0.6 is 12.4 Å². The molecule has 0 unspecified atom stereocenters. The number of rotatable bonds is 8. The van der Waals surface area contributed by atoms with Crippen LogP contribution in [0.1, 0.15) is 17.7 Å². The molecule has 2 aromatic rings. The van der Waals surface area contributed by atoms with Crippen LogP contribution in [0.4, 0.5) is 13.2 Å². The fourth-order valence-corrected chi connectivity index (χ4v) is 2.31. The van der Waals surface area contributed by atoms with E-state index in [1.54, 1.807) is 6.20 Å². The Bertz CT molecular complexity index is 612. The highest BCUT2D eigenvalue weighted by Crippen LogP contribution is 2.23. The summed E-state index contributed by atoms with van der Waals surface area (Å²) in [4.78, 5) is 1.27. The Morgan fingerprint density at radius 1 is 1.33 bits per heavy atom. The maximum atomic E-state index is 12.2. The van der Waals surface area contributed by atoms with Gasteiger partial charge in [-0.25, -0.2) is 0 Å². The van der Waals surface area contributed by atoms with Crippen LogP contribution in [-0.4, -0.2) is 48.0 Å². The predicted molar refractivity (Wildman–Crippen MR) is 88.2 cm³/mol. The van der Waals surface area contributed by atoms with Crippen molar-refractivity contribution in [2.45, 2.75) is 26.1 Å². The quantitative estimate of drug-likeness (QED) is 0.703. The van der Waals surface area contributed by atoms with Crippen LogP contribution in [0, 0.1) is 6.92 Å². The number of aryl methyl sites for hydroxylation is 1. The SMILES string of the molecule is Cc1ccc(-c2[nH]ncc2CNCCCN(C)CC(F)(F)F)o1.Cl. The number of hydrogen-bond acceptors (Lipinski definition) is 4. The smallest absolute Gasteiger partial charge is 0.401 e. The third kappa shape index (κ3) is 6.54. The van der Waals surface area contributed by atoms with E-state index in [1.165, 1.54) is 11.9 Å². The molecule has 0 saturated heterocycles. The zero-order chi connectivity index (χ0) is 16.9. The second kappa shape index (κ2) is 9.10. The Morgan fingerprint density at radius 2 is 2.08 bits per heavy atom. The average Bonchev–Trinajstić information content (AvgIpc) is 3.04. The Balaban J connectivity index is 0.00000288. The third-order valence-corrected chi connectivity index (χ3v) is 3.36. The van der Waals surface area contributed by atoms with Crippen molar-refractivity contribution in [2.75, 3.05) is 26.7 Å². The van der Waals surface area contributed by atoms with Crippen molar-refractivity contribution < 1.29 is 17.6 Å². The largest absolute Gasteiger partial charge is 0.460 e. The minimum atomic E-state index is -4.14. The van der Waals surface area contributed by atoms with Gasteiger partial charge in [0.25, 0.3) is 0 Å². The highest BCUT2D eigenvalue weighted by molar-refractivity contribution is 5.85. The molecule has 0 fully saturated rings. The minimum absolute atomic E-state index is 0. The Labute approximate surface area is 145 Å². The van der Waals surface area contributed by atoms with Gasteiger partial charge in [-0.1, -0.05) is 0 Å². The summed E-state index contributed by atoms with van der Waals surface area (Å²) >= 11 is 0. The maximum absolute atomic E-state index is 12.2. The molecule has 2 N–H and O–H groups in total. The van der Waals surface area contributed by atoms with Crippen molar-refractivity contribution in [2.24, 2.45) is 0 Å². The molecule has 0 saturated carbocycles. The molecule has 0 radical (unpaired) electrons. The number of alkyl halides is 3. The number of furan rings is 1. The van der Waals surface area contributed by atoms with Crippen molar-refractivity contribution in [3.63, 3.8) is 0 Å². The van der Waals surface area contributed by atoms with Gasteiger partial charge in [0.15, 0.2) is 5.76 Å². The van der Waals surface area contributed by atoms with Crippen molar-refractivity contribution in [3.8, 4) is 11.5 Å². The summed E-state index contributed by atoms with van der Waals surface area (Å²) in [5, 5.41) is 10.1. The molecule has 2 aromatic heterocycles. The molecule has 5 nitrogen and oxygen atoms in total. The summed E-state index contributed by atoms with van der Waals surface area (Å²) in [5.74, 6) is 1.54. The van der Waals surface area contributed by atoms with Crippen LogP contribution in [0.3, 0.4) is 0 Å². The summed E-state index contributed by atoms with van der Waals surface area (Å²) in [6.07, 6.45) is -1.79. The second-order valence-corrected chi connectivity index (χ2v) is 5.56. The molecule has 0 bridgehead atoms. The first-order chi connectivity index (χ1) is 10.8. The van der Waals surface area contributed by atoms with Crippen LogP contribution in [-0.2, 0) is 6.54 Å². The first kappa shape index (κ1) is 20.5. The lowest BCUT2D eigenvalue weighted by Gasteiger charge is -2.18. The van der Waals surface area contributed by atoms with E-state index in [0.717, 1.165) is 22.8 Å². The summed E-state index contributed by atoms with van der Waals surface area (Å²) in [7, 11) is 1.47. The number of aromatic nitrogens is 2. The lowest BCUT2D eigenvalue weighted by atomic mass is 10.2. The van der Waals surface area contributed by atoms with Gasteiger partial charge in [0, 0.05) is 12.1 Å². The van der Waals surface area contributed by atoms with Gasteiger partial charge in [-0.2, -0.15) is 18.3 Å². The molecule has 0 atom stereocenters.